The molecule has 4 nitrogen and oxygen atoms in total. The molecule has 0 unspecified atom stereocenters. The van der Waals surface area contributed by atoms with Gasteiger partial charge in [-0.15, -0.1) is 0 Å². The first-order chi connectivity index (χ1) is 11.1. The summed E-state index contributed by atoms with van der Waals surface area (Å²) in [7, 11) is 0. The molecule has 5 heteroatoms. The lowest BCUT2D eigenvalue weighted by Gasteiger charge is -2.08. The minimum atomic E-state index is -0.336. The topological polar surface area (TPSA) is 54.1 Å². The molecule has 2 aromatic carbocycles. The highest BCUT2D eigenvalue weighted by Crippen LogP contribution is 2.16. The zero-order valence-electron chi connectivity index (χ0n) is 12.7. The molecule has 0 aliphatic rings. The van der Waals surface area contributed by atoms with E-state index in [4.69, 9.17) is 4.74 Å². The summed E-state index contributed by atoms with van der Waals surface area (Å²) >= 11 is 0. The first-order valence-electron chi connectivity index (χ1n) is 7.33. The van der Waals surface area contributed by atoms with Crippen LogP contribution in [-0.4, -0.2) is 17.5 Å². The molecule has 0 spiro atoms. The summed E-state index contributed by atoms with van der Waals surface area (Å²) in [4.78, 5) is 15.1. The molecule has 0 saturated heterocycles. The average Bonchev–Trinajstić information content (AvgIpc) is 2.91. The fourth-order valence-electron chi connectivity index (χ4n) is 2.37. The van der Waals surface area contributed by atoms with E-state index in [2.05, 4.69) is 16.4 Å². The molecule has 0 aliphatic heterocycles. The Bertz CT molecular complexity index is 825. The molecule has 0 saturated carbocycles. The average molecular weight is 312 g/mol. The zero-order chi connectivity index (χ0) is 16.2. The SMILES string of the molecule is Cc1cc2cc(CNC(=O)COc3ccc(F)cc3)ccc2[nH]1. The monoisotopic (exact) mass is 312 g/mol. The van der Waals surface area contributed by atoms with Crippen molar-refractivity contribution >= 4 is 16.8 Å². The third kappa shape index (κ3) is 3.88. The van der Waals surface area contributed by atoms with Gasteiger partial charge in [0.2, 0.25) is 0 Å². The molecule has 1 aromatic heterocycles. The van der Waals surface area contributed by atoms with Crippen molar-refractivity contribution in [2.24, 2.45) is 0 Å². The van der Waals surface area contributed by atoms with Crippen molar-refractivity contribution in [2.75, 3.05) is 6.61 Å². The first-order valence-corrected chi connectivity index (χ1v) is 7.33. The number of fused-ring (bicyclic) bond motifs is 1. The number of ether oxygens (including phenoxy) is 1. The third-order valence-electron chi connectivity index (χ3n) is 3.49. The second kappa shape index (κ2) is 6.52. The lowest BCUT2D eigenvalue weighted by molar-refractivity contribution is -0.123. The molecule has 118 valence electrons. The number of benzene rings is 2. The van der Waals surface area contributed by atoms with E-state index < -0.39 is 0 Å². The Morgan fingerprint density at radius 1 is 1.17 bits per heavy atom. The number of amides is 1. The summed E-state index contributed by atoms with van der Waals surface area (Å²) in [5.41, 5.74) is 3.21. The second-order valence-corrected chi connectivity index (χ2v) is 5.39. The molecule has 2 N–H and O–H groups in total. The predicted molar refractivity (Wildman–Crippen MR) is 86.8 cm³/mol. The highest BCUT2D eigenvalue weighted by molar-refractivity contribution is 5.81. The van der Waals surface area contributed by atoms with Gasteiger partial charge < -0.3 is 15.0 Å². The first kappa shape index (κ1) is 15.1. The molecule has 1 amide bonds. The smallest absolute Gasteiger partial charge is 0.258 e. The van der Waals surface area contributed by atoms with Crippen LogP contribution in [0.15, 0.2) is 48.5 Å². The van der Waals surface area contributed by atoms with Crippen LogP contribution in [0.2, 0.25) is 0 Å². The molecule has 0 bridgehead atoms. The number of rotatable bonds is 5. The van der Waals surface area contributed by atoms with E-state index in [1.54, 1.807) is 0 Å². The van der Waals surface area contributed by atoms with Gasteiger partial charge in [0.05, 0.1) is 0 Å². The lowest BCUT2D eigenvalue weighted by Crippen LogP contribution is -2.28. The molecule has 0 radical (unpaired) electrons. The molecule has 0 atom stereocenters. The number of aryl methyl sites for hydroxylation is 1. The van der Waals surface area contributed by atoms with Crippen LogP contribution in [0.4, 0.5) is 4.39 Å². The van der Waals surface area contributed by atoms with Gasteiger partial charge in [-0.3, -0.25) is 4.79 Å². The van der Waals surface area contributed by atoms with Crippen molar-refractivity contribution in [3.63, 3.8) is 0 Å². The molecular weight excluding hydrogens is 295 g/mol. The van der Waals surface area contributed by atoms with E-state index in [-0.39, 0.29) is 18.3 Å². The fourth-order valence-corrected chi connectivity index (χ4v) is 2.37. The number of aromatic amines is 1. The molecule has 0 fully saturated rings. The maximum Gasteiger partial charge on any atom is 0.258 e. The number of hydrogen-bond donors (Lipinski definition) is 2. The van der Waals surface area contributed by atoms with Crippen LogP contribution in [0.25, 0.3) is 10.9 Å². The minimum absolute atomic E-state index is 0.100. The van der Waals surface area contributed by atoms with Gasteiger partial charge in [-0.25, -0.2) is 4.39 Å². The van der Waals surface area contributed by atoms with Crippen molar-refractivity contribution in [2.45, 2.75) is 13.5 Å². The fraction of sp³-hybridized carbons (Fsp3) is 0.167. The number of halogens is 1. The molecule has 3 rings (SSSR count). The van der Waals surface area contributed by atoms with E-state index in [0.29, 0.717) is 12.3 Å². The van der Waals surface area contributed by atoms with Crippen LogP contribution >= 0.6 is 0 Å². The summed E-state index contributed by atoms with van der Waals surface area (Å²) in [6.07, 6.45) is 0. The second-order valence-electron chi connectivity index (χ2n) is 5.39. The quantitative estimate of drug-likeness (QED) is 0.759. The summed E-state index contributed by atoms with van der Waals surface area (Å²) in [6, 6.07) is 13.6. The van der Waals surface area contributed by atoms with Gasteiger partial charge >= 0.3 is 0 Å². The van der Waals surface area contributed by atoms with Gasteiger partial charge in [0, 0.05) is 17.8 Å². The molecule has 1 heterocycles. The van der Waals surface area contributed by atoms with Gasteiger partial charge in [0.15, 0.2) is 6.61 Å². The maximum absolute atomic E-state index is 12.8. The van der Waals surface area contributed by atoms with Gasteiger partial charge in [-0.2, -0.15) is 0 Å². The predicted octanol–water partition coefficient (Wildman–Crippen LogP) is 3.31. The van der Waals surface area contributed by atoms with Crippen LogP contribution in [0, 0.1) is 12.7 Å². The van der Waals surface area contributed by atoms with E-state index in [1.807, 2.05) is 25.1 Å². The van der Waals surface area contributed by atoms with Gasteiger partial charge in [-0.1, -0.05) is 6.07 Å². The van der Waals surface area contributed by atoms with Gasteiger partial charge in [0.25, 0.3) is 5.91 Å². The summed E-state index contributed by atoms with van der Waals surface area (Å²) < 4.78 is 18.1. The number of aromatic nitrogens is 1. The molecule has 23 heavy (non-hydrogen) atoms. The van der Waals surface area contributed by atoms with Crippen molar-refractivity contribution < 1.29 is 13.9 Å². The Hall–Kier alpha value is -2.82. The number of H-pyrrole nitrogens is 1. The van der Waals surface area contributed by atoms with E-state index in [0.717, 1.165) is 22.2 Å². The normalized spacial score (nSPS) is 10.7. The highest BCUT2D eigenvalue weighted by Gasteiger charge is 2.04. The van der Waals surface area contributed by atoms with Crippen molar-refractivity contribution in [1.29, 1.82) is 0 Å². The number of nitrogens with one attached hydrogen (secondary N) is 2. The van der Waals surface area contributed by atoms with Crippen molar-refractivity contribution in [3.05, 3.63) is 65.6 Å². The molecular formula is C18H17FN2O2. The Kier molecular flexibility index (Phi) is 4.28. The third-order valence-corrected chi connectivity index (χ3v) is 3.49. The van der Waals surface area contributed by atoms with Crippen molar-refractivity contribution in [1.82, 2.24) is 10.3 Å². The lowest BCUT2D eigenvalue weighted by atomic mass is 10.1. The molecule has 3 aromatic rings. The van der Waals surface area contributed by atoms with E-state index >= 15 is 0 Å². The zero-order valence-corrected chi connectivity index (χ0v) is 12.7. The van der Waals surface area contributed by atoms with Crippen LogP contribution in [0.3, 0.4) is 0 Å². The Morgan fingerprint density at radius 3 is 2.74 bits per heavy atom. The highest BCUT2D eigenvalue weighted by atomic mass is 19.1. The summed E-state index contributed by atoms with van der Waals surface area (Å²) in [6.45, 7) is 2.34. The van der Waals surface area contributed by atoms with Gasteiger partial charge in [-0.05, 0) is 60.3 Å². The molecule has 0 aliphatic carbocycles. The van der Waals surface area contributed by atoms with E-state index in [1.165, 1.54) is 24.3 Å². The Labute approximate surface area is 133 Å². The van der Waals surface area contributed by atoms with Gasteiger partial charge in [0.1, 0.15) is 11.6 Å². The maximum atomic E-state index is 12.8. The number of carbonyl (C=O) groups excluding carboxylic acids is 1. The largest absolute Gasteiger partial charge is 0.484 e. The summed E-state index contributed by atoms with van der Waals surface area (Å²) in [5, 5.41) is 3.93. The standard InChI is InChI=1S/C18H17FN2O2/c1-12-8-14-9-13(2-7-17(14)21-12)10-20-18(22)11-23-16-5-3-15(19)4-6-16/h2-9,21H,10-11H2,1H3,(H,20,22). The van der Waals surface area contributed by atoms with E-state index in [9.17, 15) is 9.18 Å². The Balaban J connectivity index is 1.52. The summed E-state index contributed by atoms with van der Waals surface area (Å²) in [5.74, 6) is -0.0948. The van der Waals surface area contributed by atoms with Crippen LogP contribution in [-0.2, 0) is 11.3 Å². The minimum Gasteiger partial charge on any atom is -0.484 e. The van der Waals surface area contributed by atoms with Crippen LogP contribution < -0.4 is 10.1 Å². The Morgan fingerprint density at radius 2 is 1.96 bits per heavy atom. The number of hydrogen-bond acceptors (Lipinski definition) is 2. The van der Waals surface area contributed by atoms with Crippen molar-refractivity contribution in [3.8, 4) is 5.75 Å². The number of carbonyl (C=O) groups is 1. The van der Waals surface area contributed by atoms with Crippen LogP contribution in [0.1, 0.15) is 11.3 Å². The van der Waals surface area contributed by atoms with Crippen LogP contribution in [0.5, 0.6) is 5.75 Å².